The normalized spacial score (nSPS) is 19.8. The molecule has 6 rings (SSSR count). The molecule has 0 unspecified atom stereocenters. The molecule has 0 N–H and O–H groups in total. The van der Waals surface area contributed by atoms with Crippen molar-refractivity contribution in [2.45, 2.75) is 44.5 Å². The summed E-state index contributed by atoms with van der Waals surface area (Å²) in [5.41, 5.74) is 0.379. The molecule has 0 spiro atoms. The van der Waals surface area contributed by atoms with Gasteiger partial charge in [-0.05, 0) is 55.0 Å². The fourth-order valence-electron chi connectivity index (χ4n) is 5.54. The smallest absolute Gasteiger partial charge is 0.376 e. The Morgan fingerprint density at radius 2 is 2.00 bits per heavy atom. The first-order valence-electron chi connectivity index (χ1n) is 12.8. The molecule has 0 bridgehead atoms. The highest BCUT2D eigenvalue weighted by Crippen LogP contribution is 2.46. The molecule has 38 heavy (non-hydrogen) atoms. The van der Waals surface area contributed by atoms with Gasteiger partial charge >= 0.3 is 11.9 Å². The number of hydrogen-bond acceptors (Lipinski definition) is 5. The van der Waals surface area contributed by atoms with Crippen LogP contribution in [0, 0.1) is 5.92 Å². The molecule has 1 saturated heterocycles. The fourth-order valence-corrected chi connectivity index (χ4v) is 5.54. The van der Waals surface area contributed by atoms with E-state index >= 15 is 0 Å². The molecule has 1 aliphatic heterocycles. The largest absolute Gasteiger partial charge is 0.418 e. The molecule has 3 aromatic heterocycles. The standard InChI is InChI=1S/C27H29F3N6O2/c1-17-12-34(8-9-38-17)13-18-10-22(27(28,29)30)23-15-35(26(37)36(23)14-18)21-5-3-4-20(11-21)24(19-6-7-19)25-32-31-16-33(25)2/h3-5,10-11,14-17,19,24H,6-9,12-13H2,1-2H3/t17-,24-/m1/s1. The minimum absolute atomic E-state index is 0.00318. The van der Waals surface area contributed by atoms with Crippen LogP contribution in [0.1, 0.15) is 48.2 Å². The number of hydrogen-bond donors (Lipinski definition) is 0. The molecule has 8 nitrogen and oxygen atoms in total. The van der Waals surface area contributed by atoms with Crippen molar-refractivity contribution < 1.29 is 17.9 Å². The lowest BCUT2D eigenvalue weighted by Gasteiger charge is -2.31. The van der Waals surface area contributed by atoms with E-state index in [1.807, 2.05) is 41.6 Å². The van der Waals surface area contributed by atoms with Gasteiger partial charge in [-0.15, -0.1) is 10.2 Å². The minimum atomic E-state index is -4.61. The Morgan fingerprint density at radius 1 is 1.18 bits per heavy atom. The number of rotatable bonds is 6. The third-order valence-electron chi connectivity index (χ3n) is 7.49. The quantitative estimate of drug-likeness (QED) is 0.380. The van der Waals surface area contributed by atoms with Crippen LogP contribution in [0.25, 0.3) is 11.2 Å². The summed E-state index contributed by atoms with van der Waals surface area (Å²) in [4.78, 5) is 15.6. The Bertz CT molecular complexity index is 1530. The van der Waals surface area contributed by atoms with Gasteiger partial charge < -0.3 is 9.30 Å². The monoisotopic (exact) mass is 526 g/mol. The van der Waals surface area contributed by atoms with Crippen molar-refractivity contribution in [3.05, 3.63) is 82.1 Å². The van der Waals surface area contributed by atoms with E-state index in [1.165, 1.54) is 17.0 Å². The molecule has 4 heterocycles. The molecule has 1 aliphatic carbocycles. The molecular formula is C27H29F3N6O2. The van der Waals surface area contributed by atoms with Crippen LogP contribution < -0.4 is 5.69 Å². The Kier molecular flexibility index (Phi) is 6.14. The van der Waals surface area contributed by atoms with E-state index in [4.69, 9.17) is 4.74 Å². The van der Waals surface area contributed by atoms with Gasteiger partial charge in [0, 0.05) is 45.0 Å². The van der Waals surface area contributed by atoms with Gasteiger partial charge in [-0.1, -0.05) is 12.1 Å². The molecule has 0 radical (unpaired) electrons. The minimum Gasteiger partial charge on any atom is -0.376 e. The predicted octanol–water partition coefficient (Wildman–Crippen LogP) is 4.00. The van der Waals surface area contributed by atoms with Gasteiger partial charge in [0.2, 0.25) is 0 Å². The van der Waals surface area contributed by atoms with E-state index in [0.29, 0.717) is 43.4 Å². The van der Waals surface area contributed by atoms with Gasteiger partial charge in [-0.3, -0.25) is 13.9 Å². The van der Waals surface area contributed by atoms with Crippen molar-refractivity contribution >= 4 is 5.52 Å². The van der Waals surface area contributed by atoms with Crippen molar-refractivity contribution in [3.63, 3.8) is 0 Å². The lowest BCUT2D eigenvalue weighted by molar-refractivity contribution is -0.136. The highest BCUT2D eigenvalue weighted by atomic mass is 19.4. The Morgan fingerprint density at radius 3 is 2.68 bits per heavy atom. The molecule has 1 aromatic carbocycles. The van der Waals surface area contributed by atoms with Crippen molar-refractivity contribution in [1.29, 1.82) is 0 Å². The highest BCUT2D eigenvalue weighted by molar-refractivity contribution is 5.58. The van der Waals surface area contributed by atoms with Crippen molar-refractivity contribution in [1.82, 2.24) is 28.6 Å². The zero-order valence-corrected chi connectivity index (χ0v) is 21.2. The highest BCUT2D eigenvalue weighted by Gasteiger charge is 2.37. The molecule has 200 valence electrons. The van der Waals surface area contributed by atoms with Crippen LogP contribution in [-0.4, -0.2) is 54.4 Å². The van der Waals surface area contributed by atoms with Gasteiger partial charge in [0.15, 0.2) is 0 Å². The number of ether oxygens (including phenoxy) is 1. The van der Waals surface area contributed by atoms with E-state index < -0.39 is 17.4 Å². The zero-order chi connectivity index (χ0) is 26.6. The summed E-state index contributed by atoms with van der Waals surface area (Å²) in [5.74, 6) is 1.25. The first-order valence-corrected chi connectivity index (χ1v) is 12.8. The summed E-state index contributed by atoms with van der Waals surface area (Å²) in [6.45, 7) is 4.02. The summed E-state index contributed by atoms with van der Waals surface area (Å²) in [7, 11) is 1.90. The second-order valence-corrected chi connectivity index (χ2v) is 10.4. The molecule has 1 saturated carbocycles. The average Bonchev–Trinajstić information content (AvgIpc) is 3.53. The van der Waals surface area contributed by atoms with E-state index in [0.717, 1.165) is 34.7 Å². The maximum absolute atomic E-state index is 14.2. The second kappa shape index (κ2) is 9.39. The maximum atomic E-state index is 14.2. The van der Waals surface area contributed by atoms with E-state index in [-0.39, 0.29) is 17.5 Å². The lowest BCUT2D eigenvalue weighted by Crippen LogP contribution is -2.40. The predicted molar refractivity (Wildman–Crippen MR) is 134 cm³/mol. The Labute approximate surface area is 217 Å². The number of alkyl halides is 3. The molecule has 2 aliphatic rings. The zero-order valence-electron chi connectivity index (χ0n) is 21.2. The van der Waals surface area contributed by atoms with Crippen molar-refractivity contribution in [3.8, 4) is 5.69 Å². The van der Waals surface area contributed by atoms with Crippen LogP contribution in [0.15, 0.2) is 53.8 Å². The molecule has 2 fully saturated rings. The number of nitrogens with zero attached hydrogens (tertiary/aromatic N) is 6. The SMILES string of the molecule is C[C@@H]1CN(Cc2cc(C(F)(F)F)c3cn(-c4cccc([C@H](c5nncn5C)C5CC5)c4)c(=O)n3c2)CCO1. The number of benzene rings is 1. The number of halogens is 3. The average molecular weight is 527 g/mol. The van der Waals surface area contributed by atoms with Crippen LogP contribution in [-0.2, 0) is 24.5 Å². The molecule has 0 amide bonds. The lowest BCUT2D eigenvalue weighted by atomic mass is 9.93. The van der Waals surface area contributed by atoms with Gasteiger partial charge in [0.1, 0.15) is 12.2 Å². The fraction of sp³-hybridized carbons (Fsp3) is 0.444. The summed E-state index contributed by atoms with van der Waals surface area (Å²) >= 11 is 0. The van der Waals surface area contributed by atoms with Crippen LogP contribution in [0.3, 0.4) is 0 Å². The third-order valence-corrected chi connectivity index (χ3v) is 7.49. The molecule has 2 atom stereocenters. The second-order valence-electron chi connectivity index (χ2n) is 10.4. The molecule has 4 aromatic rings. The maximum Gasteiger partial charge on any atom is 0.418 e. The Balaban J connectivity index is 1.42. The van der Waals surface area contributed by atoms with Gasteiger partial charge in [0.05, 0.1) is 29.5 Å². The van der Waals surface area contributed by atoms with Gasteiger partial charge in [0.25, 0.3) is 0 Å². The summed E-state index contributed by atoms with van der Waals surface area (Å²) in [6.07, 6.45) is 2.01. The molecule has 11 heteroatoms. The van der Waals surface area contributed by atoms with Crippen molar-refractivity contribution in [2.75, 3.05) is 19.7 Å². The third kappa shape index (κ3) is 4.64. The number of morpholine rings is 1. The topological polar surface area (TPSA) is 69.6 Å². The summed E-state index contributed by atoms with van der Waals surface area (Å²) in [5, 5.41) is 8.34. The van der Waals surface area contributed by atoms with Crippen LogP contribution >= 0.6 is 0 Å². The van der Waals surface area contributed by atoms with Crippen LogP contribution in [0.2, 0.25) is 0 Å². The Hall–Kier alpha value is -3.44. The van der Waals surface area contributed by atoms with Crippen LogP contribution in [0.4, 0.5) is 13.2 Å². The summed E-state index contributed by atoms with van der Waals surface area (Å²) in [6, 6.07) is 8.59. The number of aromatic nitrogens is 5. The van der Waals surface area contributed by atoms with Gasteiger partial charge in [-0.25, -0.2) is 4.79 Å². The number of imidazole rings is 1. The van der Waals surface area contributed by atoms with E-state index in [9.17, 15) is 18.0 Å². The van der Waals surface area contributed by atoms with Crippen molar-refractivity contribution in [2.24, 2.45) is 13.0 Å². The van der Waals surface area contributed by atoms with Crippen LogP contribution in [0.5, 0.6) is 0 Å². The number of fused-ring (bicyclic) bond motifs is 1. The molecular weight excluding hydrogens is 497 g/mol. The number of aryl methyl sites for hydroxylation is 1. The van der Waals surface area contributed by atoms with E-state index in [1.54, 1.807) is 12.4 Å². The summed E-state index contributed by atoms with van der Waals surface area (Å²) < 4.78 is 52.4. The van der Waals surface area contributed by atoms with E-state index in [2.05, 4.69) is 10.2 Å². The number of pyridine rings is 1. The first kappa shape index (κ1) is 24.9. The first-order chi connectivity index (χ1) is 18.2. The van der Waals surface area contributed by atoms with Gasteiger partial charge in [-0.2, -0.15) is 13.2 Å².